The fraction of sp³-hybridized carbons (Fsp3) is 0.538. The molecule has 0 aromatic heterocycles. The van der Waals surface area contributed by atoms with Crippen molar-refractivity contribution in [2.45, 2.75) is 32.4 Å². The van der Waals surface area contributed by atoms with E-state index in [1.807, 2.05) is 0 Å². The first kappa shape index (κ1) is 14.5. The number of nitro benzene ring substituents is 1. The standard InChI is InChI=1S/C13H20N4O3/c1-13(2)11(7-12(13)20-3)15-8-4-9(16-14)6-10(5-8)17(18)19/h4-6,11-12,15-16H,7,14H2,1-3H3. The molecular formula is C13H20N4O3. The number of ether oxygens (including phenoxy) is 1. The van der Waals surface area contributed by atoms with Crippen molar-refractivity contribution in [3.63, 3.8) is 0 Å². The number of hydrogen-bond donors (Lipinski definition) is 3. The van der Waals surface area contributed by atoms with Crippen LogP contribution in [0.4, 0.5) is 17.1 Å². The number of nitrogen functional groups attached to an aromatic ring is 1. The van der Waals surface area contributed by atoms with Gasteiger partial charge in [-0.05, 0) is 12.5 Å². The number of nitrogens with two attached hydrogens (primary N) is 1. The van der Waals surface area contributed by atoms with Crippen molar-refractivity contribution >= 4 is 17.1 Å². The van der Waals surface area contributed by atoms with Crippen LogP contribution in [0.5, 0.6) is 0 Å². The molecule has 2 rings (SSSR count). The summed E-state index contributed by atoms with van der Waals surface area (Å²) in [5, 5.41) is 14.2. The Labute approximate surface area is 117 Å². The molecule has 0 radical (unpaired) electrons. The van der Waals surface area contributed by atoms with Crippen molar-refractivity contribution in [3.05, 3.63) is 28.3 Å². The van der Waals surface area contributed by atoms with Gasteiger partial charge in [-0.15, -0.1) is 0 Å². The second kappa shape index (κ2) is 5.26. The van der Waals surface area contributed by atoms with Crippen LogP contribution in [0.3, 0.4) is 0 Å². The zero-order valence-corrected chi connectivity index (χ0v) is 11.8. The Hall–Kier alpha value is -1.86. The van der Waals surface area contributed by atoms with Crippen molar-refractivity contribution < 1.29 is 9.66 Å². The first-order valence-corrected chi connectivity index (χ1v) is 6.44. The lowest BCUT2D eigenvalue weighted by Gasteiger charge is -2.51. The van der Waals surface area contributed by atoms with Crippen LogP contribution in [0.2, 0.25) is 0 Å². The van der Waals surface area contributed by atoms with E-state index in [0.717, 1.165) is 6.42 Å². The zero-order chi connectivity index (χ0) is 14.9. The lowest BCUT2D eigenvalue weighted by Crippen LogP contribution is -2.57. The Morgan fingerprint density at radius 3 is 2.55 bits per heavy atom. The first-order chi connectivity index (χ1) is 9.38. The van der Waals surface area contributed by atoms with Gasteiger partial charge in [-0.3, -0.25) is 16.0 Å². The summed E-state index contributed by atoms with van der Waals surface area (Å²) >= 11 is 0. The van der Waals surface area contributed by atoms with Crippen LogP contribution in [0.15, 0.2) is 18.2 Å². The highest BCUT2D eigenvalue weighted by Crippen LogP contribution is 2.44. The minimum absolute atomic E-state index is 0.00312. The maximum Gasteiger partial charge on any atom is 0.273 e. The Balaban J connectivity index is 2.18. The van der Waals surface area contributed by atoms with Crippen molar-refractivity contribution in [3.8, 4) is 0 Å². The molecule has 1 saturated carbocycles. The fourth-order valence-corrected chi connectivity index (χ4v) is 2.61. The number of hydrogen-bond acceptors (Lipinski definition) is 6. The zero-order valence-electron chi connectivity index (χ0n) is 11.8. The molecule has 7 heteroatoms. The van der Waals surface area contributed by atoms with Gasteiger partial charge in [0.25, 0.3) is 5.69 Å². The summed E-state index contributed by atoms with van der Waals surface area (Å²) < 4.78 is 5.40. The van der Waals surface area contributed by atoms with Crippen molar-refractivity contribution in [2.24, 2.45) is 11.3 Å². The van der Waals surface area contributed by atoms with Gasteiger partial charge >= 0.3 is 0 Å². The summed E-state index contributed by atoms with van der Waals surface area (Å²) in [6.07, 6.45) is 1.07. The molecule has 1 aromatic rings. The quantitative estimate of drug-likeness (QED) is 0.433. The van der Waals surface area contributed by atoms with Crippen molar-refractivity contribution in [1.29, 1.82) is 0 Å². The molecule has 0 spiro atoms. The molecule has 0 bridgehead atoms. The predicted molar refractivity (Wildman–Crippen MR) is 77.5 cm³/mol. The topological polar surface area (TPSA) is 102 Å². The smallest absolute Gasteiger partial charge is 0.273 e. The van der Waals surface area contributed by atoms with Gasteiger partial charge in [0.1, 0.15) is 0 Å². The van der Waals surface area contributed by atoms with E-state index in [1.165, 1.54) is 12.1 Å². The van der Waals surface area contributed by atoms with Gasteiger partial charge in [0, 0.05) is 36.4 Å². The van der Waals surface area contributed by atoms with Gasteiger partial charge in [-0.25, -0.2) is 0 Å². The molecule has 2 unspecified atom stereocenters. The minimum Gasteiger partial charge on any atom is -0.381 e. The van der Waals surface area contributed by atoms with Crippen LogP contribution in [0.1, 0.15) is 20.3 Å². The highest BCUT2D eigenvalue weighted by Gasteiger charge is 2.48. The molecule has 0 aliphatic heterocycles. The average Bonchev–Trinajstić information content (AvgIpc) is 2.42. The van der Waals surface area contributed by atoms with Crippen LogP contribution in [-0.4, -0.2) is 24.2 Å². The summed E-state index contributed by atoms with van der Waals surface area (Å²) in [5.74, 6) is 5.34. The monoisotopic (exact) mass is 280 g/mol. The highest BCUT2D eigenvalue weighted by atomic mass is 16.6. The van der Waals surface area contributed by atoms with E-state index in [0.29, 0.717) is 11.4 Å². The maximum atomic E-state index is 10.9. The highest BCUT2D eigenvalue weighted by molar-refractivity contribution is 5.63. The molecule has 1 aliphatic rings. The average molecular weight is 280 g/mol. The van der Waals surface area contributed by atoms with E-state index < -0.39 is 4.92 Å². The number of nitrogens with zero attached hydrogens (tertiary/aromatic N) is 1. The molecule has 0 heterocycles. The second-order valence-electron chi connectivity index (χ2n) is 5.65. The third-order valence-corrected chi connectivity index (χ3v) is 4.10. The normalized spacial score (nSPS) is 23.8. The van der Waals surface area contributed by atoms with Crippen molar-refractivity contribution in [1.82, 2.24) is 0 Å². The van der Waals surface area contributed by atoms with E-state index in [-0.39, 0.29) is 23.2 Å². The molecule has 0 amide bonds. The number of non-ortho nitro benzene ring substituents is 1. The number of methoxy groups -OCH3 is 1. The second-order valence-corrected chi connectivity index (χ2v) is 5.65. The molecule has 1 aliphatic carbocycles. The van der Waals surface area contributed by atoms with Gasteiger partial charge in [0.2, 0.25) is 0 Å². The van der Waals surface area contributed by atoms with Crippen LogP contribution in [0.25, 0.3) is 0 Å². The van der Waals surface area contributed by atoms with Gasteiger partial charge < -0.3 is 15.5 Å². The number of nitrogens with one attached hydrogen (secondary N) is 2. The number of benzene rings is 1. The summed E-state index contributed by atoms with van der Waals surface area (Å²) in [5.41, 5.74) is 3.61. The van der Waals surface area contributed by atoms with Gasteiger partial charge in [0.15, 0.2) is 0 Å². The number of rotatable bonds is 5. The van der Waals surface area contributed by atoms with E-state index >= 15 is 0 Å². The van der Waals surface area contributed by atoms with E-state index in [4.69, 9.17) is 10.6 Å². The van der Waals surface area contributed by atoms with Crippen molar-refractivity contribution in [2.75, 3.05) is 17.9 Å². The SMILES string of the molecule is COC1CC(Nc2cc(NN)cc([N+](=O)[O-])c2)C1(C)C. The van der Waals surface area contributed by atoms with Crippen LogP contribution in [-0.2, 0) is 4.74 Å². The van der Waals surface area contributed by atoms with Crippen LogP contribution in [0, 0.1) is 15.5 Å². The maximum absolute atomic E-state index is 10.9. The Morgan fingerprint density at radius 2 is 2.05 bits per heavy atom. The Kier molecular flexibility index (Phi) is 3.82. The predicted octanol–water partition coefficient (Wildman–Crippen LogP) is 2.11. The minimum atomic E-state index is -0.435. The molecule has 1 fully saturated rings. The summed E-state index contributed by atoms with van der Waals surface area (Å²) in [6.45, 7) is 4.23. The van der Waals surface area contributed by atoms with Crippen LogP contribution >= 0.6 is 0 Å². The van der Waals surface area contributed by atoms with E-state index in [1.54, 1.807) is 13.2 Å². The van der Waals surface area contributed by atoms with E-state index in [2.05, 4.69) is 24.6 Å². The summed E-state index contributed by atoms with van der Waals surface area (Å²) in [7, 11) is 1.70. The molecule has 20 heavy (non-hydrogen) atoms. The lowest BCUT2D eigenvalue weighted by atomic mass is 9.64. The molecule has 0 saturated heterocycles. The first-order valence-electron chi connectivity index (χ1n) is 6.44. The molecule has 2 atom stereocenters. The molecule has 4 N–H and O–H groups in total. The van der Waals surface area contributed by atoms with Crippen LogP contribution < -0.4 is 16.6 Å². The number of hydrazine groups is 1. The fourth-order valence-electron chi connectivity index (χ4n) is 2.61. The number of nitro groups is 1. The molecule has 1 aromatic carbocycles. The summed E-state index contributed by atoms with van der Waals surface area (Å²) in [4.78, 5) is 10.5. The molecule has 7 nitrogen and oxygen atoms in total. The van der Waals surface area contributed by atoms with Gasteiger partial charge in [0.05, 0.1) is 16.7 Å². The largest absolute Gasteiger partial charge is 0.381 e. The van der Waals surface area contributed by atoms with E-state index in [9.17, 15) is 10.1 Å². The molecule has 110 valence electrons. The number of anilines is 2. The third-order valence-electron chi connectivity index (χ3n) is 4.10. The lowest BCUT2D eigenvalue weighted by molar-refractivity contribution is -0.384. The summed E-state index contributed by atoms with van der Waals surface area (Å²) in [6, 6.07) is 4.87. The Bertz CT molecular complexity index is 518. The van der Waals surface area contributed by atoms with Gasteiger partial charge in [-0.2, -0.15) is 0 Å². The van der Waals surface area contributed by atoms with Gasteiger partial charge in [-0.1, -0.05) is 13.8 Å². The Morgan fingerprint density at radius 1 is 1.40 bits per heavy atom. The molecular weight excluding hydrogens is 260 g/mol. The third kappa shape index (κ3) is 2.54.